The fourth-order valence-electron chi connectivity index (χ4n) is 17.1. The zero-order chi connectivity index (χ0) is 69.6. The third kappa shape index (κ3) is 9.76. The molecule has 20 aromatic rings. The lowest BCUT2D eigenvalue weighted by molar-refractivity contribution is 0.668. The standard InChI is InChI=1S/C49H31NO2.C31H19BrO.C18H13NO/c1-4-16-32(17-5-1)49(33-18-6-2-7-19-33)40-25-13-10-23-37(40)46-41(49)31-42(47-38-24-12-15-27-44(38)52-48(46)47)50(34-20-8-3-9-21-34)35-28-29-45-39(30-35)36-22-11-14-26-43(36)51-45;32-26-19-25-28(30-29(26)23-16-8-10-18-27(23)33-30)22-15-7-9-17-24(22)31(25,20-11-3-1-4-12-20)21-13-5-2-6-14-21;1-2-6-13(7-3-1)19-14-10-11-18-16(12-14)15-8-4-5-9-17(15)20-18/h1-31H;1-19H;1-12,19H. The van der Waals surface area contributed by atoms with Crippen LogP contribution < -0.4 is 10.2 Å². The highest BCUT2D eigenvalue weighted by Gasteiger charge is 2.50. The van der Waals surface area contributed by atoms with Crippen LogP contribution in [0.15, 0.2) is 398 Å². The second kappa shape index (κ2) is 25.1. The molecule has 2 aliphatic rings. The summed E-state index contributed by atoms with van der Waals surface area (Å²) >= 11 is 3.93. The van der Waals surface area contributed by atoms with E-state index in [0.29, 0.717) is 0 Å². The molecule has 0 amide bonds. The van der Waals surface area contributed by atoms with Gasteiger partial charge in [0.25, 0.3) is 0 Å². The summed E-state index contributed by atoms with van der Waals surface area (Å²) in [6.45, 7) is 0. The summed E-state index contributed by atoms with van der Waals surface area (Å²) in [5.41, 5.74) is 26.2. The van der Waals surface area contributed by atoms with E-state index in [1.54, 1.807) is 0 Å². The van der Waals surface area contributed by atoms with Crippen molar-refractivity contribution in [1.29, 1.82) is 0 Å². The zero-order valence-corrected chi connectivity index (χ0v) is 58.3. The number of nitrogens with one attached hydrogen (secondary N) is 1. The van der Waals surface area contributed by atoms with Crippen LogP contribution in [0, 0.1) is 0 Å². The van der Waals surface area contributed by atoms with E-state index in [9.17, 15) is 0 Å². The normalized spacial score (nSPS) is 13.0. The van der Waals surface area contributed by atoms with Crippen LogP contribution >= 0.6 is 15.9 Å². The largest absolute Gasteiger partial charge is 0.456 e. The number of hydrogen-bond donors (Lipinski definition) is 1. The van der Waals surface area contributed by atoms with Gasteiger partial charge in [-0.15, -0.1) is 0 Å². The smallest absolute Gasteiger partial charge is 0.145 e. The summed E-state index contributed by atoms with van der Waals surface area (Å²) in [5, 5.41) is 12.3. The Balaban J connectivity index is 0.000000117. The summed E-state index contributed by atoms with van der Waals surface area (Å²) < 4.78 is 26.8. The van der Waals surface area contributed by atoms with Crippen molar-refractivity contribution in [3.63, 3.8) is 0 Å². The van der Waals surface area contributed by atoms with Gasteiger partial charge in [-0.3, -0.25) is 0 Å². The number of furan rings is 4. The lowest BCUT2D eigenvalue weighted by Gasteiger charge is -2.35. The lowest BCUT2D eigenvalue weighted by atomic mass is 9.67. The van der Waals surface area contributed by atoms with E-state index in [1.807, 2.05) is 66.7 Å². The SMILES string of the molecule is Brc1cc2c(c3oc4ccccc4c13)-c1ccccc1C2(c1ccccc1)c1ccccc1.c1ccc(N(c2ccc3oc4ccccc4c3c2)c2cc3c(c4oc5ccccc5c24)-c2ccccc2C3(c2ccccc2)c2ccccc2)cc1.c1ccc(Nc2ccc3oc4ccccc4c3c2)cc1. The molecule has 4 heterocycles. The first-order valence-corrected chi connectivity index (χ1v) is 36.3. The van der Waals surface area contributed by atoms with Gasteiger partial charge in [-0.1, -0.05) is 295 Å². The fraction of sp³-hybridized carbons (Fsp3) is 0.0204. The van der Waals surface area contributed by atoms with Gasteiger partial charge in [0.05, 0.1) is 21.9 Å². The number of benzene rings is 16. The predicted molar refractivity (Wildman–Crippen MR) is 435 cm³/mol. The summed E-state index contributed by atoms with van der Waals surface area (Å²) in [7, 11) is 0. The van der Waals surface area contributed by atoms with E-state index in [4.69, 9.17) is 17.7 Å². The van der Waals surface area contributed by atoms with Crippen molar-refractivity contribution >= 4 is 132 Å². The number of halogens is 1. The molecule has 105 heavy (non-hydrogen) atoms. The second-order valence-electron chi connectivity index (χ2n) is 27.0. The molecule has 0 aliphatic heterocycles. The third-order valence-corrected chi connectivity index (χ3v) is 22.0. The van der Waals surface area contributed by atoms with Gasteiger partial charge in [-0.2, -0.15) is 0 Å². The Labute approximate surface area is 614 Å². The van der Waals surface area contributed by atoms with Gasteiger partial charge in [-0.25, -0.2) is 0 Å². The fourth-order valence-corrected chi connectivity index (χ4v) is 17.7. The van der Waals surface area contributed by atoms with Crippen LogP contribution in [0.2, 0.25) is 0 Å². The van der Waals surface area contributed by atoms with Gasteiger partial charge in [0, 0.05) is 76.1 Å². The van der Waals surface area contributed by atoms with Crippen molar-refractivity contribution in [3.8, 4) is 22.3 Å². The van der Waals surface area contributed by atoms with Crippen LogP contribution in [-0.4, -0.2) is 0 Å². The van der Waals surface area contributed by atoms with Crippen LogP contribution in [-0.2, 0) is 10.8 Å². The van der Waals surface area contributed by atoms with Gasteiger partial charge in [0.15, 0.2) is 0 Å². The topological polar surface area (TPSA) is 67.8 Å². The maximum Gasteiger partial charge on any atom is 0.145 e. The molecule has 0 spiro atoms. The Morgan fingerprint density at radius 2 is 0.629 bits per heavy atom. The number of para-hydroxylation sites is 6. The number of rotatable bonds is 9. The summed E-state index contributed by atoms with van der Waals surface area (Å²) in [6, 6.07) is 133. The molecule has 4 aromatic heterocycles. The minimum Gasteiger partial charge on any atom is -0.456 e. The van der Waals surface area contributed by atoms with E-state index < -0.39 is 10.8 Å². The molecule has 0 saturated heterocycles. The van der Waals surface area contributed by atoms with Gasteiger partial charge in [0.2, 0.25) is 0 Å². The van der Waals surface area contributed by atoms with Crippen molar-refractivity contribution in [2.45, 2.75) is 10.8 Å². The number of nitrogens with zero attached hydrogens (tertiary/aromatic N) is 1. The molecular formula is C98H63BrN2O4. The van der Waals surface area contributed by atoms with Crippen molar-refractivity contribution in [2.75, 3.05) is 10.2 Å². The molecule has 0 radical (unpaired) electrons. The Bertz CT molecular complexity index is 6620. The molecule has 496 valence electrons. The monoisotopic (exact) mass is 1410 g/mol. The summed E-state index contributed by atoms with van der Waals surface area (Å²) in [4.78, 5) is 2.40. The van der Waals surface area contributed by atoms with Crippen LogP contribution in [0.5, 0.6) is 0 Å². The van der Waals surface area contributed by atoms with Crippen LogP contribution in [0.3, 0.4) is 0 Å². The molecule has 7 heteroatoms. The Morgan fingerprint density at radius 1 is 0.257 bits per heavy atom. The van der Waals surface area contributed by atoms with Crippen LogP contribution in [0.4, 0.5) is 28.4 Å². The molecule has 2 aliphatic carbocycles. The first-order valence-electron chi connectivity index (χ1n) is 35.6. The number of hydrogen-bond acceptors (Lipinski definition) is 6. The van der Waals surface area contributed by atoms with Crippen LogP contribution in [0.25, 0.3) is 110 Å². The summed E-state index contributed by atoms with van der Waals surface area (Å²) in [5.74, 6) is 0. The minimum atomic E-state index is -0.594. The Morgan fingerprint density at radius 3 is 1.13 bits per heavy atom. The van der Waals surface area contributed by atoms with E-state index >= 15 is 0 Å². The van der Waals surface area contributed by atoms with Crippen molar-refractivity contribution in [1.82, 2.24) is 0 Å². The van der Waals surface area contributed by atoms with Crippen molar-refractivity contribution in [2.24, 2.45) is 0 Å². The highest BCUT2D eigenvalue weighted by Crippen LogP contribution is 2.62. The first-order chi connectivity index (χ1) is 52.0. The van der Waals surface area contributed by atoms with Crippen molar-refractivity contribution < 1.29 is 17.7 Å². The molecule has 0 atom stereocenters. The van der Waals surface area contributed by atoms with Crippen molar-refractivity contribution in [3.05, 3.63) is 425 Å². The van der Waals surface area contributed by atoms with Gasteiger partial charge < -0.3 is 27.9 Å². The number of fused-ring (bicyclic) bond motifs is 20. The quantitative estimate of drug-likeness (QED) is 0.155. The molecule has 1 N–H and O–H groups in total. The molecule has 16 aromatic carbocycles. The van der Waals surface area contributed by atoms with E-state index in [0.717, 1.165) is 126 Å². The van der Waals surface area contributed by atoms with E-state index in [2.05, 4.69) is 336 Å². The molecule has 0 bridgehead atoms. The first kappa shape index (κ1) is 61.7. The Kier molecular flexibility index (Phi) is 14.7. The molecular weight excluding hydrogens is 1350 g/mol. The number of anilines is 5. The Hall–Kier alpha value is -13.2. The molecule has 0 saturated carbocycles. The van der Waals surface area contributed by atoms with Gasteiger partial charge in [0.1, 0.15) is 44.7 Å². The third-order valence-electron chi connectivity index (χ3n) is 21.4. The van der Waals surface area contributed by atoms with Gasteiger partial charge >= 0.3 is 0 Å². The lowest BCUT2D eigenvalue weighted by Crippen LogP contribution is -2.28. The maximum atomic E-state index is 7.05. The van der Waals surface area contributed by atoms with Gasteiger partial charge in [-0.05, 0) is 153 Å². The molecule has 22 rings (SSSR count). The summed E-state index contributed by atoms with van der Waals surface area (Å²) in [6.07, 6.45) is 0. The van der Waals surface area contributed by atoms with E-state index in [1.165, 1.54) is 61.2 Å². The average Bonchev–Trinajstić information content (AvgIpc) is 1.53. The molecule has 0 unspecified atom stereocenters. The minimum absolute atomic E-state index is 0.426. The second-order valence-corrected chi connectivity index (χ2v) is 27.9. The zero-order valence-electron chi connectivity index (χ0n) is 56.8. The van der Waals surface area contributed by atoms with E-state index in [-0.39, 0.29) is 0 Å². The highest BCUT2D eigenvalue weighted by molar-refractivity contribution is 9.10. The molecule has 6 nitrogen and oxygen atoms in total. The predicted octanol–water partition coefficient (Wildman–Crippen LogP) is 27.4. The molecule has 0 fully saturated rings. The highest BCUT2D eigenvalue weighted by atomic mass is 79.9. The maximum absolute atomic E-state index is 7.05. The average molecular weight is 1410 g/mol. The van der Waals surface area contributed by atoms with Crippen LogP contribution in [0.1, 0.15) is 44.5 Å².